The van der Waals surface area contributed by atoms with Crippen molar-refractivity contribution in [3.63, 3.8) is 0 Å². The van der Waals surface area contributed by atoms with Gasteiger partial charge in [0.2, 0.25) is 0 Å². The van der Waals surface area contributed by atoms with Gasteiger partial charge < -0.3 is 14.6 Å². The van der Waals surface area contributed by atoms with Crippen LogP contribution in [0.5, 0.6) is 0 Å². The van der Waals surface area contributed by atoms with Crippen molar-refractivity contribution >= 4 is 0 Å². The average molecular weight is 196 g/mol. The van der Waals surface area contributed by atoms with Gasteiger partial charge in [-0.1, -0.05) is 30.3 Å². The molecule has 1 unspecified atom stereocenters. The molecule has 0 radical (unpaired) electrons. The van der Waals surface area contributed by atoms with E-state index in [9.17, 15) is 5.11 Å². The Morgan fingerprint density at radius 1 is 1.29 bits per heavy atom. The molecule has 0 spiro atoms. The highest BCUT2D eigenvalue weighted by Crippen LogP contribution is 2.02. The molecule has 1 atom stereocenters. The molecule has 0 aliphatic carbocycles. The first-order valence-electron chi connectivity index (χ1n) is 4.74. The fourth-order valence-corrected chi connectivity index (χ4v) is 1.03. The second-order valence-electron chi connectivity index (χ2n) is 2.91. The third-order valence-electron chi connectivity index (χ3n) is 1.75. The van der Waals surface area contributed by atoms with Gasteiger partial charge in [-0.05, 0) is 12.5 Å². The van der Waals surface area contributed by atoms with E-state index >= 15 is 0 Å². The highest BCUT2D eigenvalue weighted by atomic mass is 16.6. The van der Waals surface area contributed by atoms with E-state index in [0.29, 0.717) is 13.2 Å². The number of hydrogen-bond donors (Lipinski definition) is 1. The van der Waals surface area contributed by atoms with Gasteiger partial charge in [-0.3, -0.25) is 0 Å². The van der Waals surface area contributed by atoms with Crippen molar-refractivity contribution in [3.8, 4) is 0 Å². The van der Waals surface area contributed by atoms with Gasteiger partial charge in [-0.15, -0.1) is 0 Å². The van der Waals surface area contributed by atoms with Crippen LogP contribution in [0.25, 0.3) is 0 Å². The van der Waals surface area contributed by atoms with E-state index in [2.05, 4.69) is 0 Å². The van der Waals surface area contributed by atoms with Crippen LogP contribution in [0.4, 0.5) is 0 Å². The summed E-state index contributed by atoms with van der Waals surface area (Å²) >= 11 is 0. The minimum atomic E-state index is -0.838. The monoisotopic (exact) mass is 196 g/mol. The van der Waals surface area contributed by atoms with E-state index in [1.165, 1.54) is 0 Å². The van der Waals surface area contributed by atoms with Crippen molar-refractivity contribution in [3.05, 3.63) is 35.9 Å². The van der Waals surface area contributed by atoms with Gasteiger partial charge in [-0.25, -0.2) is 0 Å². The summed E-state index contributed by atoms with van der Waals surface area (Å²) in [5.74, 6) is 0. The van der Waals surface area contributed by atoms with E-state index in [4.69, 9.17) is 9.47 Å². The first-order chi connectivity index (χ1) is 6.83. The van der Waals surface area contributed by atoms with Gasteiger partial charge >= 0.3 is 0 Å². The molecule has 0 saturated carbocycles. The van der Waals surface area contributed by atoms with Crippen LogP contribution < -0.4 is 0 Å². The molecule has 1 aromatic carbocycles. The number of aliphatic hydroxyl groups excluding tert-OH is 1. The molecule has 0 amide bonds. The van der Waals surface area contributed by atoms with E-state index < -0.39 is 6.29 Å². The number of hydrogen-bond acceptors (Lipinski definition) is 3. The molecule has 0 fully saturated rings. The summed E-state index contributed by atoms with van der Waals surface area (Å²) in [6, 6.07) is 9.72. The van der Waals surface area contributed by atoms with Crippen LogP contribution in [0, 0.1) is 0 Å². The van der Waals surface area contributed by atoms with Crippen LogP contribution in [0.1, 0.15) is 12.5 Å². The van der Waals surface area contributed by atoms with E-state index in [1.54, 1.807) is 0 Å². The summed E-state index contributed by atoms with van der Waals surface area (Å²) in [5.41, 5.74) is 1.04. The van der Waals surface area contributed by atoms with Crippen LogP contribution in [-0.4, -0.2) is 24.6 Å². The minimum absolute atomic E-state index is 0.226. The second kappa shape index (κ2) is 6.54. The van der Waals surface area contributed by atoms with E-state index in [-0.39, 0.29) is 6.61 Å². The minimum Gasteiger partial charge on any atom is -0.376 e. The lowest BCUT2D eigenvalue weighted by Crippen LogP contribution is -2.18. The Morgan fingerprint density at radius 2 is 2.00 bits per heavy atom. The normalized spacial score (nSPS) is 12.7. The summed E-state index contributed by atoms with van der Waals surface area (Å²) in [6.45, 7) is 3.11. The Labute approximate surface area is 84.3 Å². The van der Waals surface area contributed by atoms with Gasteiger partial charge in [0.05, 0.1) is 13.2 Å². The molecule has 0 heterocycles. The molecular weight excluding hydrogens is 180 g/mol. The first-order valence-corrected chi connectivity index (χ1v) is 4.74. The Bertz CT molecular complexity index is 236. The van der Waals surface area contributed by atoms with Crippen LogP contribution >= 0.6 is 0 Å². The third kappa shape index (κ3) is 4.37. The van der Waals surface area contributed by atoms with E-state index in [1.807, 2.05) is 37.3 Å². The Morgan fingerprint density at radius 3 is 2.64 bits per heavy atom. The highest BCUT2D eigenvalue weighted by Gasteiger charge is 2.03. The van der Waals surface area contributed by atoms with Gasteiger partial charge in [0.25, 0.3) is 0 Å². The third-order valence-corrected chi connectivity index (χ3v) is 1.75. The molecule has 1 aromatic rings. The maximum atomic E-state index is 9.29. The van der Waals surface area contributed by atoms with Gasteiger partial charge in [-0.2, -0.15) is 0 Å². The molecule has 0 aliphatic heterocycles. The zero-order valence-corrected chi connectivity index (χ0v) is 8.35. The molecule has 1 N–H and O–H groups in total. The molecule has 3 nitrogen and oxygen atoms in total. The lowest BCUT2D eigenvalue weighted by Gasteiger charge is -2.11. The maximum absolute atomic E-state index is 9.29. The standard InChI is InChI=1S/C11H16O3/c1-2-13-9-11(12)14-8-10-6-4-3-5-7-10/h3-7,11-12H,2,8-9H2,1H3. The Balaban J connectivity index is 2.20. The molecule has 0 saturated heterocycles. The van der Waals surface area contributed by atoms with Gasteiger partial charge in [0.15, 0.2) is 6.29 Å². The Kier molecular flexibility index (Phi) is 5.22. The van der Waals surface area contributed by atoms with Crippen molar-refractivity contribution in [2.45, 2.75) is 19.8 Å². The lowest BCUT2D eigenvalue weighted by molar-refractivity contribution is -0.143. The molecular formula is C11H16O3. The lowest BCUT2D eigenvalue weighted by atomic mass is 10.2. The fourth-order valence-electron chi connectivity index (χ4n) is 1.03. The summed E-state index contributed by atoms with van der Waals surface area (Å²) in [7, 11) is 0. The van der Waals surface area contributed by atoms with Crippen molar-refractivity contribution in [2.24, 2.45) is 0 Å². The number of aliphatic hydroxyl groups is 1. The zero-order valence-electron chi connectivity index (χ0n) is 8.35. The topological polar surface area (TPSA) is 38.7 Å². The molecule has 0 bridgehead atoms. The largest absolute Gasteiger partial charge is 0.376 e. The molecule has 78 valence electrons. The number of ether oxygens (including phenoxy) is 2. The Hall–Kier alpha value is -0.900. The predicted octanol–water partition coefficient (Wildman–Crippen LogP) is 1.56. The van der Waals surface area contributed by atoms with Gasteiger partial charge in [0.1, 0.15) is 0 Å². The van der Waals surface area contributed by atoms with Crippen LogP contribution in [0.15, 0.2) is 30.3 Å². The highest BCUT2D eigenvalue weighted by molar-refractivity contribution is 5.13. The van der Waals surface area contributed by atoms with Crippen LogP contribution in [-0.2, 0) is 16.1 Å². The second-order valence-corrected chi connectivity index (χ2v) is 2.91. The summed E-state index contributed by atoms with van der Waals surface area (Å²) in [4.78, 5) is 0. The molecule has 0 aliphatic rings. The van der Waals surface area contributed by atoms with Crippen molar-refractivity contribution in [1.29, 1.82) is 0 Å². The quantitative estimate of drug-likeness (QED) is 0.702. The van der Waals surface area contributed by atoms with Crippen molar-refractivity contribution in [1.82, 2.24) is 0 Å². The summed E-state index contributed by atoms with van der Waals surface area (Å²) in [6.07, 6.45) is -0.838. The summed E-state index contributed by atoms with van der Waals surface area (Å²) in [5, 5.41) is 9.29. The SMILES string of the molecule is CCOCC(O)OCc1ccccc1. The van der Waals surface area contributed by atoms with Crippen LogP contribution in [0.3, 0.4) is 0 Å². The summed E-state index contributed by atoms with van der Waals surface area (Å²) < 4.78 is 10.2. The molecule has 0 aromatic heterocycles. The maximum Gasteiger partial charge on any atom is 0.178 e. The molecule has 14 heavy (non-hydrogen) atoms. The number of rotatable bonds is 6. The smallest absolute Gasteiger partial charge is 0.178 e. The molecule has 3 heteroatoms. The predicted molar refractivity (Wildman–Crippen MR) is 53.7 cm³/mol. The molecule has 1 rings (SSSR count). The first kappa shape index (κ1) is 11.2. The van der Waals surface area contributed by atoms with Crippen LogP contribution in [0.2, 0.25) is 0 Å². The van der Waals surface area contributed by atoms with E-state index in [0.717, 1.165) is 5.56 Å². The fraction of sp³-hybridized carbons (Fsp3) is 0.455. The number of benzene rings is 1. The van der Waals surface area contributed by atoms with Gasteiger partial charge in [0, 0.05) is 6.61 Å². The zero-order chi connectivity index (χ0) is 10.2. The van der Waals surface area contributed by atoms with Crippen molar-refractivity contribution in [2.75, 3.05) is 13.2 Å². The van der Waals surface area contributed by atoms with Crippen molar-refractivity contribution < 1.29 is 14.6 Å². The average Bonchev–Trinajstić information content (AvgIpc) is 2.25.